The van der Waals surface area contributed by atoms with Crippen LogP contribution in [-0.2, 0) is 7.05 Å². The zero-order valence-corrected chi connectivity index (χ0v) is 12.4. The summed E-state index contributed by atoms with van der Waals surface area (Å²) in [6.07, 6.45) is 2.92. The number of hydrogen-bond donors (Lipinski definition) is 0. The molecule has 21 heavy (non-hydrogen) atoms. The van der Waals surface area contributed by atoms with Gasteiger partial charge >= 0.3 is 0 Å². The van der Waals surface area contributed by atoms with Crippen molar-refractivity contribution in [2.45, 2.75) is 6.42 Å². The molecule has 1 aliphatic heterocycles. The molecule has 4 nitrogen and oxygen atoms in total. The average Bonchev–Trinajstić information content (AvgIpc) is 2.80. The molecule has 1 fully saturated rings. The van der Waals surface area contributed by atoms with E-state index in [2.05, 4.69) is 29.2 Å². The third-order valence-electron chi connectivity index (χ3n) is 4.07. The van der Waals surface area contributed by atoms with Crippen LogP contribution in [0.15, 0.2) is 48.7 Å². The van der Waals surface area contributed by atoms with Gasteiger partial charge in [-0.05, 0) is 30.7 Å². The van der Waals surface area contributed by atoms with E-state index in [9.17, 15) is 4.79 Å². The fourth-order valence-corrected chi connectivity index (χ4v) is 2.86. The molecule has 0 N–H and O–H groups in total. The largest absolute Gasteiger partial charge is 0.370 e. The maximum atomic E-state index is 12.6. The molecule has 1 aliphatic rings. The molecule has 4 heteroatoms. The number of anilines is 1. The van der Waals surface area contributed by atoms with Crippen LogP contribution < -0.4 is 4.90 Å². The maximum Gasteiger partial charge on any atom is 0.270 e. The smallest absolute Gasteiger partial charge is 0.270 e. The average molecular weight is 283 g/mol. The summed E-state index contributed by atoms with van der Waals surface area (Å²) in [6.45, 7) is 3.49. The van der Waals surface area contributed by atoms with Gasteiger partial charge in [-0.15, -0.1) is 0 Å². The Balaban J connectivity index is 1.69. The second-order valence-corrected chi connectivity index (χ2v) is 5.47. The summed E-state index contributed by atoms with van der Waals surface area (Å²) in [6, 6.07) is 14.2. The Morgan fingerprint density at radius 3 is 2.48 bits per heavy atom. The monoisotopic (exact) mass is 283 g/mol. The van der Waals surface area contributed by atoms with E-state index in [0.29, 0.717) is 0 Å². The van der Waals surface area contributed by atoms with Crippen LogP contribution in [0.1, 0.15) is 16.9 Å². The van der Waals surface area contributed by atoms with E-state index in [0.717, 1.165) is 38.3 Å². The number of nitrogens with zero attached hydrogens (tertiary/aromatic N) is 3. The topological polar surface area (TPSA) is 28.5 Å². The molecule has 1 aromatic carbocycles. The van der Waals surface area contributed by atoms with Crippen molar-refractivity contribution in [2.75, 3.05) is 31.1 Å². The Kier molecular flexibility index (Phi) is 3.95. The van der Waals surface area contributed by atoms with Crippen molar-refractivity contribution in [3.63, 3.8) is 0 Å². The minimum atomic E-state index is 0.136. The minimum absolute atomic E-state index is 0.136. The first-order chi connectivity index (χ1) is 10.3. The van der Waals surface area contributed by atoms with Gasteiger partial charge in [0.25, 0.3) is 5.91 Å². The molecule has 3 rings (SSSR count). The highest BCUT2D eigenvalue weighted by Crippen LogP contribution is 2.16. The van der Waals surface area contributed by atoms with Gasteiger partial charge in [-0.25, -0.2) is 0 Å². The SMILES string of the molecule is Cn1cccc1C(=O)N1CCCN(c2ccccc2)CC1. The highest BCUT2D eigenvalue weighted by atomic mass is 16.2. The zero-order chi connectivity index (χ0) is 14.7. The molecule has 110 valence electrons. The second kappa shape index (κ2) is 6.04. The third kappa shape index (κ3) is 2.94. The van der Waals surface area contributed by atoms with Crippen LogP contribution in [0.3, 0.4) is 0 Å². The lowest BCUT2D eigenvalue weighted by atomic mass is 10.3. The number of amides is 1. The van der Waals surface area contributed by atoms with E-state index in [1.807, 2.05) is 40.9 Å². The van der Waals surface area contributed by atoms with Crippen LogP contribution in [0.4, 0.5) is 5.69 Å². The van der Waals surface area contributed by atoms with E-state index in [-0.39, 0.29) is 5.91 Å². The number of aromatic nitrogens is 1. The number of hydrogen-bond acceptors (Lipinski definition) is 2. The van der Waals surface area contributed by atoms with Gasteiger partial charge in [-0.2, -0.15) is 0 Å². The van der Waals surface area contributed by atoms with Gasteiger partial charge < -0.3 is 14.4 Å². The molecule has 0 saturated carbocycles. The molecule has 0 radical (unpaired) electrons. The van der Waals surface area contributed by atoms with Crippen LogP contribution in [0.5, 0.6) is 0 Å². The second-order valence-electron chi connectivity index (χ2n) is 5.47. The van der Waals surface area contributed by atoms with Gasteiger partial charge in [-0.3, -0.25) is 4.79 Å². The lowest BCUT2D eigenvalue weighted by Gasteiger charge is -2.23. The molecule has 0 bridgehead atoms. The van der Waals surface area contributed by atoms with E-state index >= 15 is 0 Å². The van der Waals surface area contributed by atoms with Crippen molar-refractivity contribution >= 4 is 11.6 Å². The van der Waals surface area contributed by atoms with Gasteiger partial charge in [0.15, 0.2) is 0 Å². The van der Waals surface area contributed by atoms with E-state index in [1.54, 1.807) is 0 Å². The molecule has 0 unspecified atom stereocenters. The lowest BCUT2D eigenvalue weighted by molar-refractivity contribution is 0.0757. The van der Waals surface area contributed by atoms with E-state index in [4.69, 9.17) is 0 Å². The van der Waals surface area contributed by atoms with Gasteiger partial charge in [0.1, 0.15) is 5.69 Å². The molecule has 0 spiro atoms. The Hall–Kier alpha value is -2.23. The summed E-state index contributed by atoms with van der Waals surface area (Å²) in [5, 5.41) is 0. The zero-order valence-electron chi connectivity index (χ0n) is 12.4. The molecule has 2 aromatic rings. The number of rotatable bonds is 2. The molecular weight excluding hydrogens is 262 g/mol. The first-order valence-electron chi connectivity index (χ1n) is 7.46. The first-order valence-corrected chi connectivity index (χ1v) is 7.46. The molecule has 1 amide bonds. The van der Waals surface area contributed by atoms with Crippen LogP contribution in [0.25, 0.3) is 0 Å². The highest BCUT2D eigenvalue weighted by molar-refractivity contribution is 5.92. The van der Waals surface area contributed by atoms with Crippen molar-refractivity contribution in [1.29, 1.82) is 0 Å². The van der Waals surface area contributed by atoms with Crippen molar-refractivity contribution in [2.24, 2.45) is 7.05 Å². The number of aryl methyl sites for hydroxylation is 1. The van der Waals surface area contributed by atoms with Gasteiger partial charge in [-0.1, -0.05) is 18.2 Å². The summed E-state index contributed by atoms with van der Waals surface area (Å²) in [7, 11) is 1.92. The molecule has 2 heterocycles. The van der Waals surface area contributed by atoms with Crippen LogP contribution in [-0.4, -0.2) is 41.6 Å². The quantitative estimate of drug-likeness (QED) is 0.846. The number of para-hydroxylation sites is 1. The summed E-state index contributed by atoms with van der Waals surface area (Å²) >= 11 is 0. The van der Waals surface area contributed by atoms with E-state index in [1.165, 1.54) is 5.69 Å². The van der Waals surface area contributed by atoms with Crippen molar-refractivity contribution in [1.82, 2.24) is 9.47 Å². The van der Waals surface area contributed by atoms with Crippen LogP contribution in [0.2, 0.25) is 0 Å². The fourth-order valence-electron chi connectivity index (χ4n) is 2.86. The standard InChI is InChI=1S/C17H21N3O/c1-18-10-5-9-16(18)17(21)20-12-6-11-19(13-14-20)15-7-3-2-4-8-15/h2-5,7-10H,6,11-14H2,1H3. The Labute approximate surface area is 125 Å². The van der Waals surface area contributed by atoms with Gasteiger partial charge in [0.2, 0.25) is 0 Å². The summed E-state index contributed by atoms with van der Waals surface area (Å²) in [5.74, 6) is 0.136. The van der Waals surface area contributed by atoms with E-state index < -0.39 is 0 Å². The highest BCUT2D eigenvalue weighted by Gasteiger charge is 2.21. The van der Waals surface area contributed by atoms with Crippen molar-refractivity contribution in [3.05, 3.63) is 54.4 Å². The summed E-state index contributed by atoms with van der Waals surface area (Å²) in [5.41, 5.74) is 2.01. The van der Waals surface area contributed by atoms with Gasteiger partial charge in [0, 0.05) is 45.1 Å². The normalized spacial score (nSPS) is 15.9. The van der Waals surface area contributed by atoms with Crippen LogP contribution >= 0.6 is 0 Å². The van der Waals surface area contributed by atoms with Crippen LogP contribution in [0, 0.1) is 0 Å². The number of carbonyl (C=O) groups is 1. The predicted molar refractivity (Wildman–Crippen MR) is 84.6 cm³/mol. The maximum absolute atomic E-state index is 12.6. The molecule has 0 aliphatic carbocycles. The summed E-state index contributed by atoms with van der Waals surface area (Å²) in [4.78, 5) is 16.9. The first kappa shape index (κ1) is 13.7. The molecule has 1 aromatic heterocycles. The van der Waals surface area contributed by atoms with Crippen molar-refractivity contribution < 1.29 is 4.79 Å². The number of benzene rings is 1. The predicted octanol–water partition coefficient (Wildman–Crippen LogP) is 2.38. The Bertz CT molecular complexity index is 606. The van der Waals surface area contributed by atoms with Crippen molar-refractivity contribution in [3.8, 4) is 0 Å². The van der Waals surface area contributed by atoms with Gasteiger partial charge in [0.05, 0.1) is 0 Å². The Morgan fingerprint density at radius 2 is 1.76 bits per heavy atom. The minimum Gasteiger partial charge on any atom is -0.370 e. The number of carbonyl (C=O) groups excluding carboxylic acids is 1. The fraction of sp³-hybridized carbons (Fsp3) is 0.353. The third-order valence-corrected chi connectivity index (χ3v) is 4.07. The molecular formula is C17H21N3O. The molecule has 1 saturated heterocycles. The molecule has 0 atom stereocenters. The Morgan fingerprint density at radius 1 is 0.952 bits per heavy atom. The lowest BCUT2D eigenvalue weighted by Crippen LogP contribution is -2.36. The summed E-state index contributed by atoms with van der Waals surface area (Å²) < 4.78 is 1.89.